The largest absolute Gasteiger partial charge is 0.381 e. The quantitative estimate of drug-likeness (QED) is 0.639. The van der Waals surface area contributed by atoms with Crippen molar-refractivity contribution in [1.82, 2.24) is 9.80 Å². The first-order valence-electron chi connectivity index (χ1n) is 6.01. The summed E-state index contributed by atoms with van der Waals surface area (Å²) < 4.78 is 4.94. The third-order valence-corrected chi connectivity index (χ3v) is 2.35. The van der Waals surface area contributed by atoms with Crippen LogP contribution in [0.3, 0.4) is 0 Å². The standard InChI is InChI=1S/C5H9NO.C4H8O.C3H7NO/c1-6-4-2-3-5(6)7;1-2-4-5-3-1;1-4(2)3-5/h2-4H2,1H3;1-4H2;3H,1-2H3. The molecule has 2 amide bonds. The van der Waals surface area contributed by atoms with Gasteiger partial charge in [-0.3, -0.25) is 9.59 Å². The first-order chi connectivity index (χ1) is 8.07. The van der Waals surface area contributed by atoms with E-state index in [1.54, 1.807) is 19.0 Å². The van der Waals surface area contributed by atoms with Crippen LogP contribution in [0.1, 0.15) is 25.7 Å². The molecule has 2 rings (SSSR count). The Kier molecular flexibility index (Phi) is 9.43. The van der Waals surface area contributed by atoms with E-state index in [0.29, 0.717) is 5.91 Å². The van der Waals surface area contributed by atoms with Crippen LogP contribution in [0.5, 0.6) is 0 Å². The fraction of sp³-hybridized carbons (Fsp3) is 0.833. The highest BCUT2D eigenvalue weighted by Gasteiger charge is 2.14. The number of carbonyl (C=O) groups excluding carboxylic acids is 2. The smallest absolute Gasteiger partial charge is 0.222 e. The van der Waals surface area contributed by atoms with Crippen molar-refractivity contribution >= 4 is 12.3 Å². The van der Waals surface area contributed by atoms with Crippen molar-refractivity contribution in [3.63, 3.8) is 0 Å². The summed E-state index contributed by atoms with van der Waals surface area (Å²) in [5, 5.41) is 0. The van der Waals surface area contributed by atoms with Crippen LogP contribution in [-0.2, 0) is 14.3 Å². The summed E-state index contributed by atoms with van der Waals surface area (Å²) in [5.41, 5.74) is 0. The molecule has 0 N–H and O–H groups in total. The molecule has 0 bridgehead atoms. The van der Waals surface area contributed by atoms with Gasteiger partial charge in [0.1, 0.15) is 0 Å². The van der Waals surface area contributed by atoms with Gasteiger partial charge in [0.25, 0.3) is 0 Å². The summed E-state index contributed by atoms with van der Waals surface area (Å²) in [4.78, 5) is 23.1. The van der Waals surface area contributed by atoms with Gasteiger partial charge in [0.15, 0.2) is 0 Å². The maximum absolute atomic E-state index is 10.5. The predicted octanol–water partition coefficient (Wildman–Crippen LogP) is 0.740. The van der Waals surface area contributed by atoms with Crippen molar-refractivity contribution in [2.24, 2.45) is 0 Å². The Morgan fingerprint density at radius 1 is 1.24 bits per heavy atom. The third-order valence-electron chi connectivity index (χ3n) is 2.35. The van der Waals surface area contributed by atoms with Gasteiger partial charge >= 0.3 is 0 Å². The molecular weight excluding hydrogens is 220 g/mol. The summed E-state index contributed by atoms with van der Waals surface area (Å²) in [6.07, 6.45) is 5.12. The predicted molar refractivity (Wildman–Crippen MR) is 66.7 cm³/mol. The number of rotatable bonds is 1. The summed E-state index contributed by atoms with van der Waals surface area (Å²) in [6, 6.07) is 0. The van der Waals surface area contributed by atoms with E-state index < -0.39 is 0 Å². The SMILES string of the molecule is C1CCOC1.CN(C)C=O.CN1CCCC1=O. The zero-order valence-corrected chi connectivity index (χ0v) is 11.1. The monoisotopic (exact) mass is 244 g/mol. The molecule has 2 aliphatic rings. The number of nitrogens with zero attached hydrogens (tertiary/aromatic N) is 2. The van der Waals surface area contributed by atoms with Gasteiger partial charge in [-0.05, 0) is 19.3 Å². The Balaban J connectivity index is 0.000000232. The van der Waals surface area contributed by atoms with E-state index in [9.17, 15) is 9.59 Å². The Morgan fingerprint density at radius 3 is 1.88 bits per heavy atom. The Hall–Kier alpha value is -1.10. The second kappa shape index (κ2) is 10.1. The van der Waals surface area contributed by atoms with E-state index >= 15 is 0 Å². The molecule has 0 saturated carbocycles. The minimum atomic E-state index is 0.292. The van der Waals surface area contributed by atoms with Crippen LogP contribution in [0.15, 0.2) is 0 Å². The van der Waals surface area contributed by atoms with Gasteiger partial charge in [0.2, 0.25) is 12.3 Å². The number of ether oxygens (including phenoxy) is 1. The van der Waals surface area contributed by atoms with Crippen molar-refractivity contribution in [3.8, 4) is 0 Å². The molecule has 2 saturated heterocycles. The van der Waals surface area contributed by atoms with Crippen molar-refractivity contribution in [2.45, 2.75) is 25.7 Å². The molecule has 100 valence electrons. The van der Waals surface area contributed by atoms with Gasteiger partial charge in [-0.25, -0.2) is 0 Å². The molecule has 0 aliphatic carbocycles. The Bertz CT molecular complexity index is 208. The molecule has 2 fully saturated rings. The van der Waals surface area contributed by atoms with Crippen LogP contribution >= 0.6 is 0 Å². The average Bonchev–Trinajstić information content (AvgIpc) is 2.96. The van der Waals surface area contributed by atoms with Crippen LogP contribution in [0.4, 0.5) is 0 Å². The first-order valence-corrected chi connectivity index (χ1v) is 6.01. The van der Waals surface area contributed by atoms with Gasteiger partial charge in [-0.15, -0.1) is 0 Å². The highest BCUT2D eigenvalue weighted by atomic mass is 16.5. The third kappa shape index (κ3) is 9.81. The van der Waals surface area contributed by atoms with Crippen molar-refractivity contribution < 1.29 is 14.3 Å². The molecule has 5 nitrogen and oxygen atoms in total. The molecule has 0 spiro atoms. The molecule has 0 radical (unpaired) electrons. The van der Waals surface area contributed by atoms with Crippen molar-refractivity contribution in [2.75, 3.05) is 40.9 Å². The Labute approximate surface area is 104 Å². The molecule has 2 aliphatic heterocycles. The molecule has 0 aromatic heterocycles. The lowest BCUT2D eigenvalue weighted by molar-refractivity contribution is -0.126. The second-order valence-electron chi connectivity index (χ2n) is 4.31. The lowest BCUT2D eigenvalue weighted by Crippen LogP contribution is -2.17. The van der Waals surface area contributed by atoms with E-state index in [-0.39, 0.29) is 0 Å². The molecule has 2 heterocycles. The zero-order chi connectivity index (χ0) is 13.1. The number of hydrogen-bond donors (Lipinski definition) is 0. The van der Waals surface area contributed by atoms with Gasteiger partial charge in [0, 0.05) is 47.3 Å². The van der Waals surface area contributed by atoms with Gasteiger partial charge in [0.05, 0.1) is 0 Å². The van der Waals surface area contributed by atoms with Gasteiger partial charge in [-0.2, -0.15) is 0 Å². The first kappa shape index (κ1) is 15.9. The molecular formula is C12H24N2O3. The van der Waals surface area contributed by atoms with Crippen LogP contribution in [0.2, 0.25) is 0 Å². The van der Waals surface area contributed by atoms with E-state index in [1.807, 2.05) is 7.05 Å². The van der Waals surface area contributed by atoms with Crippen LogP contribution in [0, 0.1) is 0 Å². The second-order valence-corrected chi connectivity index (χ2v) is 4.31. The van der Waals surface area contributed by atoms with Crippen LogP contribution in [0.25, 0.3) is 0 Å². The topological polar surface area (TPSA) is 49.9 Å². The fourth-order valence-electron chi connectivity index (χ4n) is 1.29. The number of hydrogen-bond acceptors (Lipinski definition) is 3. The molecule has 0 unspecified atom stereocenters. The van der Waals surface area contributed by atoms with Crippen LogP contribution in [-0.4, -0.2) is 63.0 Å². The Morgan fingerprint density at radius 2 is 1.76 bits per heavy atom. The van der Waals surface area contributed by atoms with E-state index in [0.717, 1.165) is 39.0 Å². The number of amides is 2. The van der Waals surface area contributed by atoms with Gasteiger partial charge in [-0.1, -0.05) is 0 Å². The molecule has 0 aromatic carbocycles. The maximum atomic E-state index is 10.5. The number of carbonyl (C=O) groups is 2. The molecule has 0 atom stereocenters. The van der Waals surface area contributed by atoms with E-state index in [4.69, 9.17) is 4.74 Å². The highest BCUT2D eigenvalue weighted by molar-refractivity contribution is 5.77. The lowest BCUT2D eigenvalue weighted by atomic mass is 10.4. The normalized spacial score (nSPS) is 17.8. The molecule has 17 heavy (non-hydrogen) atoms. The fourth-order valence-corrected chi connectivity index (χ4v) is 1.29. The van der Waals surface area contributed by atoms with Gasteiger partial charge < -0.3 is 14.5 Å². The van der Waals surface area contributed by atoms with Crippen molar-refractivity contribution in [3.05, 3.63) is 0 Å². The highest BCUT2D eigenvalue weighted by Crippen LogP contribution is 2.04. The van der Waals surface area contributed by atoms with Crippen molar-refractivity contribution in [1.29, 1.82) is 0 Å². The summed E-state index contributed by atoms with van der Waals surface area (Å²) in [5.74, 6) is 0.292. The minimum Gasteiger partial charge on any atom is -0.381 e. The lowest BCUT2D eigenvalue weighted by Gasteiger charge is -2.03. The zero-order valence-electron chi connectivity index (χ0n) is 11.1. The van der Waals surface area contributed by atoms with E-state index in [1.165, 1.54) is 17.7 Å². The van der Waals surface area contributed by atoms with Crippen LogP contribution < -0.4 is 0 Å². The maximum Gasteiger partial charge on any atom is 0.222 e. The molecule has 0 aromatic rings. The average molecular weight is 244 g/mol. The summed E-state index contributed by atoms with van der Waals surface area (Å²) >= 11 is 0. The summed E-state index contributed by atoms with van der Waals surface area (Å²) in [7, 11) is 5.22. The number of likely N-dealkylation sites (tertiary alicyclic amines) is 1. The summed E-state index contributed by atoms with van der Waals surface area (Å²) in [6.45, 7) is 2.96. The van der Waals surface area contributed by atoms with E-state index in [2.05, 4.69) is 0 Å². The molecule has 5 heteroatoms. The minimum absolute atomic E-state index is 0.292.